The molecule has 1 aliphatic rings. The van der Waals surface area contributed by atoms with E-state index in [0.717, 1.165) is 17.3 Å². The number of ether oxygens (including phenoxy) is 3. The minimum atomic E-state index is -1.20. The summed E-state index contributed by atoms with van der Waals surface area (Å²) in [6, 6.07) is 0. The molecule has 0 saturated heterocycles. The Bertz CT molecular complexity index is 328. The monoisotopic (exact) mass is 398 g/mol. The quantitative estimate of drug-likeness (QED) is 0.217. The van der Waals surface area contributed by atoms with Crippen LogP contribution in [0.2, 0.25) is 0 Å². The third-order valence-electron chi connectivity index (χ3n) is 3.87. The van der Waals surface area contributed by atoms with Crippen LogP contribution in [0.4, 0.5) is 0 Å². The molecular weight excluding hydrogens is 375 g/mol. The lowest BCUT2D eigenvalue weighted by Gasteiger charge is -2.23. The largest absolute Gasteiger partial charge is 0.468 e. The topological polar surface area (TPSA) is 61.8 Å². The van der Waals surface area contributed by atoms with Crippen molar-refractivity contribution in [2.45, 2.75) is 38.7 Å². The number of unbranched alkanes of at least 4 members (excludes halogenated alkanes) is 1. The van der Waals surface area contributed by atoms with E-state index < -0.39 is 17.4 Å². The van der Waals surface area contributed by atoms with Gasteiger partial charge in [0.05, 0.1) is 20.3 Å². The summed E-state index contributed by atoms with van der Waals surface area (Å²) in [6.45, 7) is 2.76. The van der Waals surface area contributed by atoms with Gasteiger partial charge in [-0.3, -0.25) is 9.59 Å². The van der Waals surface area contributed by atoms with Gasteiger partial charge in [0, 0.05) is 17.5 Å². The summed E-state index contributed by atoms with van der Waals surface area (Å²) >= 11 is 2.27. The second-order valence-corrected chi connectivity index (χ2v) is 6.03. The van der Waals surface area contributed by atoms with Crippen molar-refractivity contribution in [3.63, 3.8) is 0 Å². The first-order valence-corrected chi connectivity index (χ1v) is 8.42. The first-order chi connectivity index (χ1) is 9.55. The highest BCUT2D eigenvalue weighted by atomic mass is 127. The Labute approximate surface area is 133 Å². The van der Waals surface area contributed by atoms with E-state index in [4.69, 9.17) is 14.2 Å². The molecule has 0 aromatic rings. The van der Waals surface area contributed by atoms with E-state index in [1.54, 1.807) is 0 Å². The zero-order valence-electron chi connectivity index (χ0n) is 12.3. The number of hydrogen-bond acceptors (Lipinski definition) is 5. The third-order valence-corrected chi connectivity index (χ3v) is 5.00. The molecule has 0 aromatic carbocycles. The first kappa shape index (κ1) is 17.7. The van der Waals surface area contributed by atoms with Gasteiger partial charge in [-0.2, -0.15) is 0 Å². The second-order valence-electron chi connectivity index (χ2n) is 5.15. The van der Waals surface area contributed by atoms with Crippen molar-refractivity contribution in [1.82, 2.24) is 0 Å². The van der Waals surface area contributed by atoms with Crippen LogP contribution in [0, 0.1) is 11.3 Å². The number of esters is 2. The highest BCUT2D eigenvalue weighted by Crippen LogP contribution is 2.46. The van der Waals surface area contributed by atoms with Crippen molar-refractivity contribution in [3.05, 3.63) is 0 Å². The van der Waals surface area contributed by atoms with E-state index in [-0.39, 0.29) is 12.0 Å². The van der Waals surface area contributed by atoms with Crippen LogP contribution in [0.5, 0.6) is 0 Å². The number of methoxy groups -OCH3 is 2. The van der Waals surface area contributed by atoms with E-state index in [0.29, 0.717) is 19.4 Å². The molecule has 0 N–H and O–H groups in total. The number of halogens is 1. The average Bonchev–Trinajstić information content (AvgIpc) is 2.86. The van der Waals surface area contributed by atoms with E-state index in [1.165, 1.54) is 14.2 Å². The van der Waals surface area contributed by atoms with Crippen LogP contribution in [-0.2, 0) is 23.8 Å². The molecule has 20 heavy (non-hydrogen) atoms. The van der Waals surface area contributed by atoms with Gasteiger partial charge in [0.25, 0.3) is 0 Å². The Morgan fingerprint density at radius 1 is 1.20 bits per heavy atom. The summed E-state index contributed by atoms with van der Waals surface area (Å²) in [6.07, 6.45) is 2.74. The van der Waals surface area contributed by atoms with E-state index >= 15 is 0 Å². The Morgan fingerprint density at radius 2 is 1.80 bits per heavy atom. The van der Waals surface area contributed by atoms with Gasteiger partial charge in [-0.25, -0.2) is 0 Å². The Hall–Kier alpha value is -0.370. The summed E-state index contributed by atoms with van der Waals surface area (Å²) in [4.78, 5) is 24.2. The minimum Gasteiger partial charge on any atom is -0.468 e. The van der Waals surface area contributed by atoms with Crippen molar-refractivity contribution >= 4 is 34.5 Å². The van der Waals surface area contributed by atoms with Crippen molar-refractivity contribution in [2.75, 3.05) is 25.3 Å². The van der Waals surface area contributed by atoms with Crippen LogP contribution >= 0.6 is 22.6 Å². The van der Waals surface area contributed by atoms with Crippen LogP contribution in [-0.4, -0.2) is 43.3 Å². The summed E-state index contributed by atoms with van der Waals surface area (Å²) < 4.78 is 16.4. The lowest BCUT2D eigenvalue weighted by Crippen LogP contribution is -2.39. The van der Waals surface area contributed by atoms with Crippen LogP contribution in [0.1, 0.15) is 32.6 Å². The fraction of sp³-hybridized carbons (Fsp3) is 0.857. The lowest BCUT2D eigenvalue weighted by atomic mass is 9.85. The van der Waals surface area contributed by atoms with Crippen LogP contribution < -0.4 is 0 Å². The van der Waals surface area contributed by atoms with Gasteiger partial charge in [0.15, 0.2) is 5.41 Å². The Morgan fingerprint density at radius 3 is 2.25 bits per heavy atom. The Balaban J connectivity index is 2.87. The van der Waals surface area contributed by atoms with Gasteiger partial charge >= 0.3 is 11.9 Å². The molecule has 116 valence electrons. The van der Waals surface area contributed by atoms with Crippen LogP contribution in [0.15, 0.2) is 0 Å². The SMILES string of the molecule is CCCCO[C@H]1CC(C(=O)OC)(C(=O)OC)C[C@@H]1CI. The normalized spacial score (nSPS) is 24.4. The standard InChI is InChI=1S/C14H23IO5/c1-4-5-6-20-11-8-14(12(16)18-2,13(17)19-3)7-10(11)9-15/h10-11H,4-9H2,1-3H3/t10-,11+/m1/s1. The maximum absolute atomic E-state index is 12.1. The molecule has 2 atom stereocenters. The fourth-order valence-corrected chi connectivity index (χ4v) is 3.59. The average molecular weight is 398 g/mol. The molecule has 1 saturated carbocycles. The number of hydrogen-bond donors (Lipinski definition) is 0. The molecule has 0 aliphatic heterocycles. The van der Waals surface area contributed by atoms with E-state index in [1.807, 2.05) is 0 Å². The highest BCUT2D eigenvalue weighted by Gasteiger charge is 2.57. The summed E-state index contributed by atoms with van der Waals surface area (Å²) in [5, 5.41) is 0. The lowest BCUT2D eigenvalue weighted by molar-refractivity contribution is -0.169. The maximum Gasteiger partial charge on any atom is 0.323 e. The number of alkyl halides is 1. The molecule has 0 bridgehead atoms. The number of carbonyl (C=O) groups is 2. The molecule has 0 aromatic heterocycles. The first-order valence-electron chi connectivity index (χ1n) is 6.90. The molecule has 1 fully saturated rings. The van der Waals surface area contributed by atoms with Gasteiger partial charge < -0.3 is 14.2 Å². The maximum atomic E-state index is 12.1. The third kappa shape index (κ3) is 3.63. The van der Waals surface area contributed by atoms with E-state index in [2.05, 4.69) is 29.5 Å². The molecule has 0 unspecified atom stereocenters. The van der Waals surface area contributed by atoms with Crippen molar-refractivity contribution in [2.24, 2.45) is 11.3 Å². The number of rotatable bonds is 7. The van der Waals surface area contributed by atoms with Crippen LogP contribution in [0.3, 0.4) is 0 Å². The Kier molecular flexibility index (Phi) is 7.22. The molecule has 5 nitrogen and oxygen atoms in total. The van der Waals surface area contributed by atoms with Crippen molar-refractivity contribution in [1.29, 1.82) is 0 Å². The molecule has 0 spiro atoms. The summed E-state index contributed by atoms with van der Waals surface area (Å²) in [7, 11) is 2.61. The van der Waals surface area contributed by atoms with E-state index in [9.17, 15) is 9.59 Å². The van der Waals surface area contributed by atoms with Gasteiger partial charge in [-0.05, 0) is 18.8 Å². The minimum absolute atomic E-state index is 0.0864. The molecule has 6 heteroatoms. The second kappa shape index (κ2) is 8.17. The highest BCUT2D eigenvalue weighted by molar-refractivity contribution is 14.1. The summed E-state index contributed by atoms with van der Waals surface area (Å²) in [5.41, 5.74) is -1.20. The van der Waals surface area contributed by atoms with Gasteiger partial charge in [0.2, 0.25) is 0 Å². The van der Waals surface area contributed by atoms with Gasteiger partial charge in [-0.1, -0.05) is 35.9 Å². The number of carbonyl (C=O) groups excluding carboxylic acids is 2. The molecule has 0 radical (unpaired) electrons. The molecule has 1 rings (SSSR count). The molecule has 1 aliphatic carbocycles. The zero-order chi connectivity index (χ0) is 15.2. The molecular formula is C14H23IO5. The smallest absolute Gasteiger partial charge is 0.323 e. The summed E-state index contributed by atoms with van der Waals surface area (Å²) in [5.74, 6) is -0.854. The molecule has 0 amide bonds. The predicted molar refractivity (Wildman–Crippen MR) is 82.7 cm³/mol. The van der Waals surface area contributed by atoms with Gasteiger partial charge in [-0.15, -0.1) is 0 Å². The van der Waals surface area contributed by atoms with Gasteiger partial charge in [0.1, 0.15) is 0 Å². The van der Waals surface area contributed by atoms with Crippen molar-refractivity contribution in [3.8, 4) is 0 Å². The van der Waals surface area contributed by atoms with Crippen molar-refractivity contribution < 1.29 is 23.8 Å². The van der Waals surface area contributed by atoms with Crippen LogP contribution in [0.25, 0.3) is 0 Å². The fourth-order valence-electron chi connectivity index (χ4n) is 2.71. The zero-order valence-corrected chi connectivity index (χ0v) is 14.5. The predicted octanol–water partition coefficient (Wildman–Crippen LogP) is 2.35. The molecule has 0 heterocycles.